The van der Waals surface area contributed by atoms with E-state index < -0.39 is 0 Å². The summed E-state index contributed by atoms with van der Waals surface area (Å²) < 4.78 is 10.6. The van der Waals surface area contributed by atoms with Gasteiger partial charge in [-0.15, -0.1) is 10.2 Å². The molecule has 3 rings (SSSR count). The lowest BCUT2D eigenvalue weighted by molar-refractivity contribution is 0.174. The van der Waals surface area contributed by atoms with Crippen molar-refractivity contribution >= 4 is 16.5 Å². The molecule has 2 aromatic rings. The standard InChI is InChI=1S/C12H13N3O2S/c1-2-11-14-15-12(18-11)13-6-8-3-4-9-10(5-8)17-7-16-9/h3-5H,2,6-7H2,1H3,(H,13,15). The van der Waals surface area contributed by atoms with Crippen LogP contribution in [-0.4, -0.2) is 17.0 Å². The van der Waals surface area contributed by atoms with E-state index in [1.807, 2.05) is 18.2 Å². The van der Waals surface area contributed by atoms with Gasteiger partial charge in [0.25, 0.3) is 0 Å². The van der Waals surface area contributed by atoms with Crippen LogP contribution in [0.1, 0.15) is 17.5 Å². The highest BCUT2D eigenvalue weighted by molar-refractivity contribution is 7.15. The van der Waals surface area contributed by atoms with Crippen molar-refractivity contribution < 1.29 is 9.47 Å². The van der Waals surface area contributed by atoms with Crippen LogP contribution in [0.25, 0.3) is 0 Å². The van der Waals surface area contributed by atoms with Gasteiger partial charge in [0, 0.05) is 6.54 Å². The molecule has 0 unspecified atom stereocenters. The van der Waals surface area contributed by atoms with Crippen LogP contribution in [-0.2, 0) is 13.0 Å². The molecule has 0 saturated heterocycles. The first-order valence-electron chi connectivity index (χ1n) is 5.80. The van der Waals surface area contributed by atoms with Crippen molar-refractivity contribution in [2.45, 2.75) is 19.9 Å². The number of nitrogens with zero attached hydrogens (tertiary/aromatic N) is 2. The molecule has 0 atom stereocenters. The van der Waals surface area contributed by atoms with Gasteiger partial charge in [-0.2, -0.15) is 0 Å². The molecule has 94 valence electrons. The Kier molecular flexibility index (Phi) is 3.02. The fourth-order valence-electron chi connectivity index (χ4n) is 1.70. The molecule has 5 nitrogen and oxygen atoms in total. The first-order valence-corrected chi connectivity index (χ1v) is 6.61. The summed E-state index contributed by atoms with van der Waals surface area (Å²) in [5.74, 6) is 1.61. The second-order valence-electron chi connectivity index (χ2n) is 3.90. The highest BCUT2D eigenvalue weighted by atomic mass is 32.1. The van der Waals surface area contributed by atoms with Crippen molar-refractivity contribution in [3.63, 3.8) is 0 Å². The smallest absolute Gasteiger partial charge is 0.231 e. The lowest BCUT2D eigenvalue weighted by Gasteiger charge is -2.03. The molecule has 18 heavy (non-hydrogen) atoms. The number of hydrogen-bond acceptors (Lipinski definition) is 6. The zero-order valence-corrected chi connectivity index (χ0v) is 10.8. The average molecular weight is 263 g/mol. The molecular formula is C12H13N3O2S. The van der Waals surface area contributed by atoms with Gasteiger partial charge in [0.2, 0.25) is 11.9 Å². The maximum absolute atomic E-state index is 5.34. The first-order chi connectivity index (χ1) is 8.85. The molecule has 1 aliphatic heterocycles. The minimum atomic E-state index is 0.308. The van der Waals surface area contributed by atoms with Crippen LogP contribution in [0.2, 0.25) is 0 Å². The van der Waals surface area contributed by atoms with Crippen molar-refractivity contribution in [1.29, 1.82) is 0 Å². The van der Waals surface area contributed by atoms with Crippen LogP contribution < -0.4 is 14.8 Å². The number of nitrogens with one attached hydrogen (secondary N) is 1. The van der Waals surface area contributed by atoms with E-state index in [1.165, 1.54) is 0 Å². The monoisotopic (exact) mass is 263 g/mol. The van der Waals surface area contributed by atoms with E-state index in [9.17, 15) is 0 Å². The Hall–Kier alpha value is -1.82. The summed E-state index contributed by atoms with van der Waals surface area (Å²) in [5.41, 5.74) is 1.13. The van der Waals surface area contributed by atoms with Crippen LogP contribution in [0.3, 0.4) is 0 Å². The minimum Gasteiger partial charge on any atom is -0.454 e. The van der Waals surface area contributed by atoms with E-state index in [4.69, 9.17) is 9.47 Å². The largest absolute Gasteiger partial charge is 0.454 e. The number of hydrogen-bond donors (Lipinski definition) is 1. The molecule has 0 saturated carbocycles. The van der Waals surface area contributed by atoms with Crippen molar-refractivity contribution in [3.05, 3.63) is 28.8 Å². The summed E-state index contributed by atoms with van der Waals surface area (Å²) in [6.45, 7) is 3.08. The van der Waals surface area contributed by atoms with E-state index >= 15 is 0 Å². The summed E-state index contributed by atoms with van der Waals surface area (Å²) in [7, 11) is 0. The highest BCUT2D eigenvalue weighted by Crippen LogP contribution is 2.32. The Labute approximate surface area is 109 Å². The second kappa shape index (κ2) is 4.81. The normalized spacial score (nSPS) is 12.7. The van der Waals surface area contributed by atoms with Gasteiger partial charge in [-0.25, -0.2) is 0 Å². The van der Waals surface area contributed by atoms with Gasteiger partial charge >= 0.3 is 0 Å². The Morgan fingerprint density at radius 3 is 3.00 bits per heavy atom. The molecule has 0 fully saturated rings. The molecule has 0 bridgehead atoms. The van der Waals surface area contributed by atoms with Gasteiger partial charge < -0.3 is 14.8 Å². The average Bonchev–Trinajstić information content (AvgIpc) is 3.04. The van der Waals surface area contributed by atoms with Crippen LogP contribution in [0, 0.1) is 0 Å². The summed E-state index contributed by atoms with van der Waals surface area (Å²) in [6.07, 6.45) is 0.920. The van der Waals surface area contributed by atoms with Gasteiger partial charge in [0.05, 0.1) is 0 Å². The lowest BCUT2D eigenvalue weighted by Crippen LogP contribution is -1.98. The lowest BCUT2D eigenvalue weighted by atomic mass is 10.2. The molecule has 1 aromatic carbocycles. The van der Waals surface area contributed by atoms with Gasteiger partial charge in [0.15, 0.2) is 11.5 Å². The third kappa shape index (κ3) is 2.24. The first kappa shape index (κ1) is 11.3. The molecule has 6 heteroatoms. The summed E-state index contributed by atoms with van der Waals surface area (Å²) >= 11 is 1.59. The third-order valence-corrected chi connectivity index (χ3v) is 3.68. The van der Waals surface area contributed by atoms with Gasteiger partial charge in [-0.05, 0) is 24.1 Å². The Morgan fingerprint density at radius 1 is 1.28 bits per heavy atom. The zero-order valence-electron chi connectivity index (χ0n) is 9.97. The van der Waals surface area contributed by atoms with Crippen molar-refractivity contribution in [2.24, 2.45) is 0 Å². The van der Waals surface area contributed by atoms with Gasteiger partial charge in [-0.3, -0.25) is 0 Å². The van der Waals surface area contributed by atoms with Crippen molar-refractivity contribution in [3.8, 4) is 11.5 Å². The predicted molar refractivity (Wildman–Crippen MR) is 69.2 cm³/mol. The molecule has 2 heterocycles. The van der Waals surface area contributed by atoms with Crippen LogP contribution in [0.15, 0.2) is 18.2 Å². The predicted octanol–water partition coefficient (Wildman–Crippen LogP) is 2.44. The number of aromatic nitrogens is 2. The highest BCUT2D eigenvalue weighted by Gasteiger charge is 2.13. The Morgan fingerprint density at radius 2 is 2.17 bits per heavy atom. The number of fused-ring (bicyclic) bond motifs is 1. The molecule has 0 aliphatic carbocycles. The maximum atomic E-state index is 5.34. The number of ether oxygens (including phenoxy) is 2. The summed E-state index contributed by atoms with van der Waals surface area (Å²) in [6, 6.07) is 5.93. The maximum Gasteiger partial charge on any atom is 0.231 e. The topological polar surface area (TPSA) is 56.3 Å². The van der Waals surface area contributed by atoms with E-state index in [0.29, 0.717) is 13.3 Å². The minimum absolute atomic E-state index is 0.308. The van der Waals surface area contributed by atoms with Crippen LogP contribution in [0.5, 0.6) is 11.5 Å². The van der Waals surface area contributed by atoms with E-state index in [1.54, 1.807) is 11.3 Å². The second-order valence-corrected chi connectivity index (χ2v) is 4.96. The van der Waals surface area contributed by atoms with Crippen molar-refractivity contribution in [2.75, 3.05) is 12.1 Å². The van der Waals surface area contributed by atoms with E-state index in [0.717, 1.165) is 33.6 Å². The molecule has 0 radical (unpaired) electrons. The molecule has 0 spiro atoms. The van der Waals surface area contributed by atoms with E-state index in [-0.39, 0.29) is 0 Å². The summed E-state index contributed by atoms with van der Waals surface area (Å²) in [4.78, 5) is 0. The molecule has 1 aliphatic rings. The fourth-order valence-corrected chi connectivity index (χ4v) is 2.37. The quantitative estimate of drug-likeness (QED) is 0.918. The van der Waals surface area contributed by atoms with Gasteiger partial charge in [0.1, 0.15) is 5.01 Å². The molecule has 0 amide bonds. The fraction of sp³-hybridized carbons (Fsp3) is 0.333. The Bertz CT molecular complexity index is 556. The van der Waals surface area contributed by atoms with Crippen LogP contribution >= 0.6 is 11.3 Å². The molecular weight excluding hydrogens is 250 g/mol. The molecule has 1 aromatic heterocycles. The number of rotatable bonds is 4. The SMILES string of the molecule is CCc1nnc(NCc2ccc3c(c2)OCO3)s1. The van der Waals surface area contributed by atoms with Gasteiger partial charge in [-0.1, -0.05) is 24.3 Å². The van der Waals surface area contributed by atoms with Crippen LogP contribution in [0.4, 0.5) is 5.13 Å². The molecule has 1 N–H and O–H groups in total. The number of benzene rings is 1. The number of aryl methyl sites for hydroxylation is 1. The summed E-state index contributed by atoms with van der Waals surface area (Å²) in [5, 5.41) is 13.3. The Balaban J connectivity index is 1.66. The number of anilines is 1. The third-order valence-electron chi connectivity index (χ3n) is 2.65. The van der Waals surface area contributed by atoms with Crippen molar-refractivity contribution in [1.82, 2.24) is 10.2 Å². The zero-order chi connectivity index (χ0) is 12.4. The van der Waals surface area contributed by atoms with E-state index in [2.05, 4.69) is 22.4 Å².